The van der Waals surface area contributed by atoms with Crippen molar-refractivity contribution in [3.05, 3.63) is 53.6 Å². The van der Waals surface area contributed by atoms with Gasteiger partial charge < -0.3 is 10.4 Å². The van der Waals surface area contributed by atoms with Crippen LogP contribution in [0, 0.1) is 11.6 Å². The van der Waals surface area contributed by atoms with Crippen molar-refractivity contribution in [1.29, 1.82) is 0 Å². The Morgan fingerprint density at radius 2 is 1.86 bits per heavy atom. The van der Waals surface area contributed by atoms with Crippen LogP contribution in [0.1, 0.15) is 5.56 Å². The third-order valence-electron chi connectivity index (χ3n) is 2.88. The van der Waals surface area contributed by atoms with Gasteiger partial charge in [0.15, 0.2) is 9.84 Å². The van der Waals surface area contributed by atoms with Crippen molar-refractivity contribution in [2.45, 2.75) is 11.4 Å². The van der Waals surface area contributed by atoms with Gasteiger partial charge in [-0.05, 0) is 36.4 Å². The van der Waals surface area contributed by atoms with E-state index in [1.165, 1.54) is 6.07 Å². The molecule has 0 bridgehead atoms. The minimum absolute atomic E-state index is 0.0325. The molecule has 0 unspecified atom stereocenters. The van der Waals surface area contributed by atoms with Crippen molar-refractivity contribution in [3.63, 3.8) is 0 Å². The van der Waals surface area contributed by atoms with E-state index < -0.39 is 21.5 Å². The number of hydrogen-bond donors (Lipinski definition) is 2. The standard InChI is InChI=1S/C14H13F2NO3S/c1-21(19,20)11-3-4-12(16)13(7-11)17-8-9-6-10(15)2-5-14(9)18/h2-7,17-18H,8H2,1H3. The SMILES string of the molecule is CS(=O)(=O)c1ccc(F)c(NCc2cc(F)ccc2O)c1. The van der Waals surface area contributed by atoms with Gasteiger partial charge in [0.1, 0.15) is 17.4 Å². The molecule has 2 aromatic rings. The van der Waals surface area contributed by atoms with Gasteiger partial charge in [-0.3, -0.25) is 0 Å². The maximum Gasteiger partial charge on any atom is 0.175 e. The summed E-state index contributed by atoms with van der Waals surface area (Å²) in [6.07, 6.45) is 1.02. The minimum Gasteiger partial charge on any atom is -0.508 e. The highest BCUT2D eigenvalue weighted by Gasteiger charge is 2.11. The maximum absolute atomic E-state index is 13.6. The molecule has 0 radical (unpaired) electrons. The molecule has 2 aromatic carbocycles. The molecule has 0 aliphatic heterocycles. The van der Waals surface area contributed by atoms with E-state index in [0.717, 1.165) is 36.6 Å². The molecule has 4 nitrogen and oxygen atoms in total. The van der Waals surface area contributed by atoms with Gasteiger partial charge >= 0.3 is 0 Å². The first-order chi connectivity index (χ1) is 9.77. The number of nitrogens with one attached hydrogen (secondary N) is 1. The summed E-state index contributed by atoms with van der Waals surface area (Å²) in [6.45, 7) is -0.0479. The zero-order valence-corrected chi connectivity index (χ0v) is 11.9. The second-order valence-electron chi connectivity index (χ2n) is 4.54. The molecule has 7 heteroatoms. The summed E-state index contributed by atoms with van der Waals surface area (Å²) >= 11 is 0. The summed E-state index contributed by atoms with van der Waals surface area (Å²) in [5, 5.41) is 12.2. The molecule has 0 saturated carbocycles. The highest BCUT2D eigenvalue weighted by Crippen LogP contribution is 2.23. The molecule has 0 spiro atoms. The molecule has 0 aromatic heterocycles. The molecule has 0 aliphatic rings. The molecule has 0 aliphatic carbocycles. The van der Waals surface area contributed by atoms with E-state index in [4.69, 9.17) is 0 Å². The van der Waals surface area contributed by atoms with Crippen molar-refractivity contribution >= 4 is 15.5 Å². The number of aromatic hydroxyl groups is 1. The number of anilines is 1. The Bertz CT molecular complexity index is 776. The molecular formula is C14H13F2NO3S. The van der Waals surface area contributed by atoms with Crippen LogP contribution >= 0.6 is 0 Å². The average Bonchev–Trinajstić information content (AvgIpc) is 2.40. The summed E-state index contributed by atoms with van der Waals surface area (Å²) in [5.41, 5.74) is 0.195. The first-order valence-electron chi connectivity index (χ1n) is 5.98. The summed E-state index contributed by atoms with van der Waals surface area (Å²) in [4.78, 5) is -0.0325. The second-order valence-corrected chi connectivity index (χ2v) is 6.56. The van der Waals surface area contributed by atoms with E-state index in [-0.39, 0.29) is 28.4 Å². The lowest BCUT2D eigenvalue weighted by atomic mass is 10.2. The van der Waals surface area contributed by atoms with Gasteiger partial charge in [0.25, 0.3) is 0 Å². The van der Waals surface area contributed by atoms with Crippen LogP contribution in [0.3, 0.4) is 0 Å². The fraction of sp³-hybridized carbons (Fsp3) is 0.143. The fourth-order valence-corrected chi connectivity index (χ4v) is 2.40. The number of phenolic OH excluding ortho intramolecular Hbond substituents is 1. The van der Waals surface area contributed by atoms with Crippen LogP contribution in [0.15, 0.2) is 41.3 Å². The Hall–Kier alpha value is -2.15. The van der Waals surface area contributed by atoms with Gasteiger partial charge in [-0.25, -0.2) is 17.2 Å². The van der Waals surface area contributed by atoms with Gasteiger partial charge in [0, 0.05) is 18.4 Å². The molecule has 2 rings (SSSR count). The van der Waals surface area contributed by atoms with Crippen LogP contribution in [-0.2, 0) is 16.4 Å². The van der Waals surface area contributed by atoms with E-state index in [0.29, 0.717) is 0 Å². The maximum atomic E-state index is 13.6. The lowest BCUT2D eigenvalue weighted by Gasteiger charge is -2.10. The van der Waals surface area contributed by atoms with Crippen LogP contribution in [0.2, 0.25) is 0 Å². The number of halogens is 2. The van der Waals surface area contributed by atoms with Crippen molar-refractivity contribution in [2.24, 2.45) is 0 Å². The van der Waals surface area contributed by atoms with E-state index >= 15 is 0 Å². The molecule has 0 atom stereocenters. The number of benzene rings is 2. The smallest absolute Gasteiger partial charge is 0.175 e. The zero-order valence-electron chi connectivity index (χ0n) is 11.1. The van der Waals surface area contributed by atoms with E-state index in [9.17, 15) is 22.3 Å². The summed E-state index contributed by atoms with van der Waals surface area (Å²) in [5.74, 6) is -1.31. The van der Waals surface area contributed by atoms with Crippen LogP contribution in [-0.4, -0.2) is 19.8 Å². The Balaban J connectivity index is 2.26. The predicted molar refractivity (Wildman–Crippen MR) is 74.9 cm³/mol. The quantitative estimate of drug-likeness (QED) is 0.852. The fourth-order valence-electron chi connectivity index (χ4n) is 1.76. The molecule has 21 heavy (non-hydrogen) atoms. The monoisotopic (exact) mass is 313 g/mol. The number of sulfone groups is 1. The first-order valence-corrected chi connectivity index (χ1v) is 7.87. The molecule has 0 amide bonds. The highest BCUT2D eigenvalue weighted by atomic mass is 32.2. The van der Waals surface area contributed by atoms with Crippen molar-refractivity contribution in [3.8, 4) is 5.75 Å². The lowest BCUT2D eigenvalue weighted by Crippen LogP contribution is -2.04. The number of hydrogen-bond acceptors (Lipinski definition) is 4. The molecule has 0 fully saturated rings. The van der Waals surface area contributed by atoms with Crippen LogP contribution in [0.4, 0.5) is 14.5 Å². The minimum atomic E-state index is -3.46. The van der Waals surface area contributed by atoms with E-state index in [1.54, 1.807) is 0 Å². The molecule has 0 saturated heterocycles. The summed E-state index contributed by atoms with van der Waals surface area (Å²) in [6, 6.07) is 6.75. The van der Waals surface area contributed by atoms with Crippen molar-refractivity contribution < 1.29 is 22.3 Å². The van der Waals surface area contributed by atoms with Gasteiger partial charge in [0.05, 0.1) is 10.6 Å². The highest BCUT2D eigenvalue weighted by molar-refractivity contribution is 7.90. The van der Waals surface area contributed by atoms with Crippen LogP contribution in [0.5, 0.6) is 5.75 Å². The normalized spacial score (nSPS) is 11.4. The molecule has 112 valence electrons. The Morgan fingerprint density at radius 1 is 1.14 bits per heavy atom. The van der Waals surface area contributed by atoms with E-state index in [1.807, 2.05) is 0 Å². The second kappa shape index (κ2) is 5.69. The Kier molecular flexibility index (Phi) is 4.13. The van der Waals surface area contributed by atoms with Crippen LogP contribution in [0.25, 0.3) is 0 Å². The van der Waals surface area contributed by atoms with E-state index in [2.05, 4.69) is 5.32 Å². The average molecular weight is 313 g/mol. The third-order valence-corrected chi connectivity index (χ3v) is 3.99. The third kappa shape index (κ3) is 3.69. The topological polar surface area (TPSA) is 66.4 Å². The van der Waals surface area contributed by atoms with Gasteiger partial charge in [-0.15, -0.1) is 0 Å². The largest absolute Gasteiger partial charge is 0.508 e. The van der Waals surface area contributed by atoms with Gasteiger partial charge in [-0.1, -0.05) is 0 Å². The number of phenols is 1. The molecule has 0 heterocycles. The summed E-state index contributed by atoms with van der Waals surface area (Å²) < 4.78 is 49.6. The van der Waals surface area contributed by atoms with Crippen molar-refractivity contribution in [2.75, 3.05) is 11.6 Å². The number of rotatable bonds is 4. The van der Waals surface area contributed by atoms with Crippen LogP contribution < -0.4 is 5.32 Å². The summed E-state index contributed by atoms with van der Waals surface area (Å²) in [7, 11) is -3.46. The molecule has 2 N–H and O–H groups in total. The van der Waals surface area contributed by atoms with Gasteiger partial charge in [-0.2, -0.15) is 0 Å². The predicted octanol–water partition coefficient (Wildman–Crippen LogP) is 2.69. The first kappa shape index (κ1) is 15.2. The zero-order chi connectivity index (χ0) is 15.6. The molecular weight excluding hydrogens is 300 g/mol. The lowest BCUT2D eigenvalue weighted by molar-refractivity contribution is 0.466. The van der Waals surface area contributed by atoms with Gasteiger partial charge in [0.2, 0.25) is 0 Å². The Labute approximate surface area is 121 Å². The van der Waals surface area contributed by atoms with Crippen molar-refractivity contribution in [1.82, 2.24) is 0 Å². The Morgan fingerprint density at radius 3 is 2.52 bits per heavy atom.